The molecule has 0 saturated carbocycles. The van der Waals surface area contributed by atoms with Crippen LogP contribution in [0.4, 0.5) is 5.69 Å². The molecule has 0 bridgehead atoms. The molecular weight excluding hydrogens is 360 g/mol. The highest BCUT2D eigenvalue weighted by atomic mass is 16.6. The van der Waals surface area contributed by atoms with Crippen LogP contribution in [0.15, 0.2) is 59.1 Å². The van der Waals surface area contributed by atoms with E-state index in [4.69, 9.17) is 4.52 Å². The Morgan fingerprint density at radius 3 is 2.64 bits per heavy atom. The quantitative estimate of drug-likeness (QED) is 0.486. The maximum Gasteiger partial charge on any atom is 0.270 e. The standard InChI is InChI=1S/C20H20N4O4/c1-3-13(2)17(21-19(25)14-8-5-4-6-9-14)20-22-18(23-28-20)15-10-7-11-16(12-15)24(26)27/h4-13,17H,3H2,1-2H3,(H,21,25)/t13-,17-/m1/s1. The van der Waals surface area contributed by atoms with Gasteiger partial charge in [-0.05, 0) is 18.1 Å². The van der Waals surface area contributed by atoms with Crippen molar-refractivity contribution in [2.75, 3.05) is 0 Å². The fraction of sp³-hybridized carbons (Fsp3) is 0.250. The SMILES string of the molecule is CC[C@@H](C)[C@@H](NC(=O)c1ccccc1)c1nc(-c2cccc([N+](=O)[O-])c2)no1. The molecule has 28 heavy (non-hydrogen) atoms. The lowest BCUT2D eigenvalue weighted by Gasteiger charge is -2.20. The highest BCUT2D eigenvalue weighted by Crippen LogP contribution is 2.27. The van der Waals surface area contributed by atoms with Crippen molar-refractivity contribution in [2.45, 2.75) is 26.3 Å². The Balaban J connectivity index is 1.87. The number of amides is 1. The van der Waals surface area contributed by atoms with E-state index in [0.717, 1.165) is 6.42 Å². The number of nitro groups is 1. The second-order valence-electron chi connectivity index (χ2n) is 6.47. The van der Waals surface area contributed by atoms with Crippen LogP contribution in [-0.4, -0.2) is 21.0 Å². The zero-order valence-electron chi connectivity index (χ0n) is 15.5. The number of nitrogens with zero attached hydrogens (tertiary/aromatic N) is 3. The third kappa shape index (κ3) is 4.22. The molecule has 1 amide bonds. The van der Waals surface area contributed by atoms with E-state index in [0.29, 0.717) is 11.1 Å². The fourth-order valence-electron chi connectivity index (χ4n) is 2.73. The lowest BCUT2D eigenvalue weighted by molar-refractivity contribution is -0.384. The number of non-ortho nitro benzene ring substituents is 1. The predicted octanol–water partition coefficient (Wildman–Crippen LogP) is 4.16. The molecule has 0 radical (unpaired) electrons. The van der Waals surface area contributed by atoms with Crippen LogP contribution in [0.3, 0.4) is 0 Å². The molecule has 0 fully saturated rings. The van der Waals surface area contributed by atoms with E-state index in [1.165, 1.54) is 12.1 Å². The van der Waals surface area contributed by atoms with E-state index >= 15 is 0 Å². The first-order valence-corrected chi connectivity index (χ1v) is 8.94. The second-order valence-corrected chi connectivity index (χ2v) is 6.47. The molecule has 0 saturated heterocycles. The molecule has 0 aliphatic heterocycles. The average molecular weight is 380 g/mol. The Bertz CT molecular complexity index is 971. The maximum absolute atomic E-state index is 12.6. The first-order chi connectivity index (χ1) is 13.5. The summed E-state index contributed by atoms with van der Waals surface area (Å²) in [4.78, 5) is 27.4. The molecule has 8 nitrogen and oxygen atoms in total. The van der Waals surface area contributed by atoms with Crippen molar-refractivity contribution < 1.29 is 14.2 Å². The smallest absolute Gasteiger partial charge is 0.270 e. The van der Waals surface area contributed by atoms with Gasteiger partial charge in [0.1, 0.15) is 6.04 Å². The summed E-state index contributed by atoms with van der Waals surface area (Å²) in [6, 6.07) is 14.4. The van der Waals surface area contributed by atoms with Crippen molar-refractivity contribution in [1.29, 1.82) is 0 Å². The molecule has 1 heterocycles. The summed E-state index contributed by atoms with van der Waals surface area (Å²) in [5.41, 5.74) is 0.954. The van der Waals surface area contributed by atoms with Crippen molar-refractivity contribution >= 4 is 11.6 Å². The van der Waals surface area contributed by atoms with Gasteiger partial charge in [0.2, 0.25) is 11.7 Å². The number of benzene rings is 2. The van der Waals surface area contributed by atoms with Crippen LogP contribution in [0.2, 0.25) is 0 Å². The minimum atomic E-state index is -0.480. The topological polar surface area (TPSA) is 111 Å². The Hall–Kier alpha value is -3.55. The minimum Gasteiger partial charge on any atom is -0.340 e. The Morgan fingerprint density at radius 1 is 1.21 bits per heavy atom. The van der Waals surface area contributed by atoms with E-state index in [9.17, 15) is 14.9 Å². The van der Waals surface area contributed by atoms with Crippen LogP contribution in [0.5, 0.6) is 0 Å². The zero-order valence-corrected chi connectivity index (χ0v) is 15.5. The molecular formula is C20H20N4O4. The van der Waals surface area contributed by atoms with Crippen LogP contribution in [-0.2, 0) is 0 Å². The van der Waals surface area contributed by atoms with Gasteiger partial charge >= 0.3 is 0 Å². The fourth-order valence-corrected chi connectivity index (χ4v) is 2.73. The van der Waals surface area contributed by atoms with Gasteiger partial charge in [-0.15, -0.1) is 0 Å². The molecule has 0 unspecified atom stereocenters. The number of rotatable bonds is 7. The van der Waals surface area contributed by atoms with E-state index in [-0.39, 0.29) is 29.2 Å². The molecule has 1 aromatic heterocycles. The van der Waals surface area contributed by atoms with Crippen LogP contribution in [0, 0.1) is 16.0 Å². The maximum atomic E-state index is 12.6. The number of nitrogens with one attached hydrogen (secondary N) is 1. The molecule has 8 heteroatoms. The number of aromatic nitrogens is 2. The first kappa shape index (κ1) is 19.2. The van der Waals surface area contributed by atoms with Gasteiger partial charge in [0.15, 0.2) is 0 Å². The number of carbonyl (C=O) groups excluding carboxylic acids is 1. The minimum absolute atomic E-state index is 0.0473. The monoisotopic (exact) mass is 380 g/mol. The summed E-state index contributed by atoms with van der Waals surface area (Å²) in [7, 11) is 0. The third-order valence-corrected chi connectivity index (χ3v) is 4.56. The van der Waals surface area contributed by atoms with Crippen molar-refractivity contribution in [2.24, 2.45) is 5.92 Å². The van der Waals surface area contributed by atoms with Gasteiger partial charge in [0.25, 0.3) is 11.6 Å². The highest BCUT2D eigenvalue weighted by Gasteiger charge is 2.27. The summed E-state index contributed by atoms with van der Waals surface area (Å²) in [5, 5.41) is 17.9. The zero-order chi connectivity index (χ0) is 20.1. The molecule has 3 aromatic rings. The van der Waals surface area contributed by atoms with Gasteiger partial charge in [-0.25, -0.2) is 0 Å². The summed E-state index contributed by atoms with van der Waals surface area (Å²) < 4.78 is 5.40. The summed E-state index contributed by atoms with van der Waals surface area (Å²) in [5.74, 6) is 0.313. The lowest BCUT2D eigenvalue weighted by atomic mass is 9.98. The van der Waals surface area contributed by atoms with Gasteiger partial charge in [-0.2, -0.15) is 4.98 Å². The molecule has 0 aliphatic rings. The normalized spacial score (nSPS) is 12.9. The van der Waals surface area contributed by atoms with Gasteiger partial charge in [0.05, 0.1) is 4.92 Å². The third-order valence-electron chi connectivity index (χ3n) is 4.56. The number of hydrogen-bond donors (Lipinski definition) is 1. The molecule has 2 atom stereocenters. The first-order valence-electron chi connectivity index (χ1n) is 8.94. The number of carbonyl (C=O) groups is 1. The molecule has 1 N–H and O–H groups in total. The van der Waals surface area contributed by atoms with Crippen LogP contribution in [0.25, 0.3) is 11.4 Å². The van der Waals surface area contributed by atoms with E-state index in [1.807, 2.05) is 19.9 Å². The molecule has 0 aliphatic carbocycles. The van der Waals surface area contributed by atoms with E-state index in [2.05, 4.69) is 15.5 Å². The van der Waals surface area contributed by atoms with Crippen molar-refractivity contribution in [3.05, 3.63) is 76.2 Å². The predicted molar refractivity (Wildman–Crippen MR) is 102 cm³/mol. The van der Waals surface area contributed by atoms with Crippen LogP contribution >= 0.6 is 0 Å². The Kier molecular flexibility index (Phi) is 5.78. The average Bonchev–Trinajstić information content (AvgIpc) is 3.22. The summed E-state index contributed by atoms with van der Waals surface area (Å²) in [6.07, 6.45) is 0.786. The van der Waals surface area contributed by atoms with E-state index < -0.39 is 11.0 Å². The molecule has 144 valence electrons. The highest BCUT2D eigenvalue weighted by molar-refractivity contribution is 5.94. The summed E-state index contributed by atoms with van der Waals surface area (Å²) in [6.45, 7) is 3.98. The van der Waals surface area contributed by atoms with Crippen molar-refractivity contribution in [1.82, 2.24) is 15.5 Å². The summed E-state index contributed by atoms with van der Waals surface area (Å²) >= 11 is 0. The number of nitro benzene ring substituents is 1. The largest absolute Gasteiger partial charge is 0.340 e. The van der Waals surface area contributed by atoms with Crippen molar-refractivity contribution in [3.8, 4) is 11.4 Å². The van der Waals surface area contributed by atoms with Gasteiger partial charge in [-0.1, -0.05) is 55.8 Å². The van der Waals surface area contributed by atoms with Crippen LogP contribution < -0.4 is 5.32 Å². The molecule has 2 aromatic carbocycles. The van der Waals surface area contributed by atoms with Gasteiger partial charge in [0, 0.05) is 23.3 Å². The molecule has 3 rings (SSSR count). The Morgan fingerprint density at radius 2 is 1.96 bits per heavy atom. The number of hydrogen-bond acceptors (Lipinski definition) is 6. The Labute approximate surface area is 161 Å². The lowest BCUT2D eigenvalue weighted by Crippen LogP contribution is -2.32. The van der Waals surface area contributed by atoms with Gasteiger partial charge in [-0.3, -0.25) is 14.9 Å². The van der Waals surface area contributed by atoms with E-state index in [1.54, 1.807) is 36.4 Å². The van der Waals surface area contributed by atoms with Crippen molar-refractivity contribution in [3.63, 3.8) is 0 Å². The van der Waals surface area contributed by atoms with Gasteiger partial charge < -0.3 is 9.84 Å². The second kappa shape index (κ2) is 8.43. The van der Waals surface area contributed by atoms with Crippen LogP contribution in [0.1, 0.15) is 42.6 Å². The molecule has 0 spiro atoms.